The van der Waals surface area contributed by atoms with E-state index in [1.807, 2.05) is 12.3 Å². The first-order valence-electron chi connectivity index (χ1n) is 7.81. The number of nitrogens with one attached hydrogen (secondary N) is 1. The number of aromatic nitrogens is 1. The van der Waals surface area contributed by atoms with Crippen molar-refractivity contribution in [3.63, 3.8) is 0 Å². The van der Waals surface area contributed by atoms with Gasteiger partial charge in [-0.05, 0) is 39.3 Å². The number of piperidine rings is 1. The Labute approximate surface area is 122 Å². The van der Waals surface area contributed by atoms with E-state index in [0.717, 1.165) is 44.9 Å². The minimum Gasteiger partial charge on any atom is -0.378 e. The van der Waals surface area contributed by atoms with Gasteiger partial charge in [0.05, 0.1) is 6.10 Å². The van der Waals surface area contributed by atoms with E-state index in [4.69, 9.17) is 4.74 Å². The van der Waals surface area contributed by atoms with Crippen molar-refractivity contribution in [1.29, 1.82) is 0 Å². The van der Waals surface area contributed by atoms with Crippen LogP contribution in [0.2, 0.25) is 0 Å². The quantitative estimate of drug-likeness (QED) is 0.867. The maximum atomic E-state index is 5.72. The van der Waals surface area contributed by atoms with Crippen molar-refractivity contribution in [3.05, 3.63) is 23.9 Å². The summed E-state index contributed by atoms with van der Waals surface area (Å²) in [7, 11) is 0. The average molecular weight is 277 g/mol. The minimum atomic E-state index is 0.341. The van der Waals surface area contributed by atoms with Crippen LogP contribution in [0.4, 0.5) is 5.82 Å². The molecule has 1 aliphatic heterocycles. The second-order valence-corrected chi connectivity index (χ2v) is 5.34. The number of nitrogens with zero attached hydrogens (tertiary/aromatic N) is 2. The smallest absolute Gasteiger partial charge is 0.133 e. The zero-order valence-electron chi connectivity index (χ0n) is 12.9. The number of anilines is 1. The Balaban J connectivity index is 2.06. The molecule has 0 aromatic carbocycles. The van der Waals surface area contributed by atoms with Gasteiger partial charge < -0.3 is 15.0 Å². The number of hydrogen-bond acceptors (Lipinski definition) is 4. The summed E-state index contributed by atoms with van der Waals surface area (Å²) >= 11 is 0. The lowest BCUT2D eigenvalue weighted by Gasteiger charge is -2.34. The van der Waals surface area contributed by atoms with Crippen molar-refractivity contribution in [3.8, 4) is 0 Å². The average Bonchev–Trinajstić information content (AvgIpc) is 2.49. The van der Waals surface area contributed by atoms with Crippen LogP contribution >= 0.6 is 0 Å². The molecule has 1 unspecified atom stereocenters. The predicted molar refractivity (Wildman–Crippen MR) is 83.2 cm³/mol. The third-order valence-corrected chi connectivity index (χ3v) is 3.94. The maximum Gasteiger partial charge on any atom is 0.133 e. The summed E-state index contributed by atoms with van der Waals surface area (Å²) in [6, 6.07) is 4.55. The first-order chi connectivity index (χ1) is 9.76. The second kappa shape index (κ2) is 7.60. The third-order valence-electron chi connectivity index (χ3n) is 3.94. The van der Waals surface area contributed by atoms with E-state index >= 15 is 0 Å². The van der Waals surface area contributed by atoms with Gasteiger partial charge in [0, 0.05) is 37.5 Å². The van der Waals surface area contributed by atoms with E-state index in [1.54, 1.807) is 0 Å². The highest BCUT2D eigenvalue weighted by Crippen LogP contribution is 2.27. The van der Waals surface area contributed by atoms with Crippen molar-refractivity contribution in [1.82, 2.24) is 10.3 Å². The van der Waals surface area contributed by atoms with Crippen LogP contribution in [0.1, 0.15) is 45.2 Å². The van der Waals surface area contributed by atoms with Crippen LogP contribution in [0.25, 0.3) is 0 Å². The Morgan fingerprint density at radius 2 is 2.15 bits per heavy atom. The van der Waals surface area contributed by atoms with Gasteiger partial charge in [-0.2, -0.15) is 0 Å². The topological polar surface area (TPSA) is 37.4 Å². The van der Waals surface area contributed by atoms with Crippen LogP contribution in [0.5, 0.6) is 0 Å². The highest BCUT2D eigenvalue weighted by atomic mass is 16.5. The Morgan fingerprint density at radius 1 is 1.40 bits per heavy atom. The highest BCUT2D eigenvalue weighted by Gasteiger charge is 2.23. The number of ether oxygens (including phenoxy) is 1. The Morgan fingerprint density at radius 3 is 2.80 bits per heavy atom. The second-order valence-electron chi connectivity index (χ2n) is 5.34. The summed E-state index contributed by atoms with van der Waals surface area (Å²) in [4.78, 5) is 7.02. The molecule has 0 saturated carbocycles. The van der Waals surface area contributed by atoms with E-state index < -0.39 is 0 Å². The molecule has 2 heterocycles. The summed E-state index contributed by atoms with van der Waals surface area (Å²) in [5.41, 5.74) is 1.30. The first kappa shape index (κ1) is 15.3. The van der Waals surface area contributed by atoms with Gasteiger partial charge in [0.15, 0.2) is 0 Å². The fourth-order valence-corrected chi connectivity index (χ4v) is 2.90. The van der Waals surface area contributed by atoms with Gasteiger partial charge in [-0.15, -0.1) is 0 Å². The largest absolute Gasteiger partial charge is 0.378 e. The zero-order valence-corrected chi connectivity index (χ0v) is 12.9. The van der Waals surface area contributed by atoms with Crippen molar-refractivity contribution in [2.24, 2.45) is 0 Å². The molecule has 0 amide bonds. The Kier molecular flexibility index (Phi) is 5.80. The molecule has 1 aromatic rings. The zero-order chi connectivity index (χ0) is 14.4. The van der Waals surface area contributed by atoms with Crippen LogP contribution in [-0.2, 0) is 4.74 Å². The van der Waals surface area contributed by atoms with Gasteiger partial charge in [0.2, 0.25) is 0 Å². The maximum absolute atomic E-state index is 5.72. The van der Waals surface area contributed by atoms with E-state index in [2.05, 4.69) is 42.0 Å². The van der Waals surface area contributed by atoms with Gasteiger partial charge in [-0.25, -0.2) is 4.98 Å². The molecule has 0 spiro atoms. The fourth-order valence-electron chi connectivity index (χ4n) is 2.90. The molecular weight excluding hydrogens is 250 g/mol. The lowest BCUT2D eigenvalue weighted by Crippen LogP contribution is -2.38. The molecule has 1 fully saturated rings. The SMILES string of the molecule is CCNC(C)c1cccnc1N1CCC(OCC)CC1. The monoisotopic (exact) mass is 277 g/mol. The molecule has 4 heteroatoms. The Hall–Kier alpha value is -1.13. The molecule has 1 aliphatic rings. The molecule has 1 N–H and O–H groups in total. The van der Waals surface area contributed by atoms with Crippen molar-refractivity contribution >= 4 is 5.82 Å². The van der Waals surface area contributed by atoms with Gasteiger partial charge in [-0.3, -0.25) is 0 Å². The van der Waals surface area contributed by atoms with Crippen LogP contribution in [0.3, 0.4) is 0 Å². The first-order valence-corrected chi connectivity index (χ1v) is 7.81. The molecule has 2 rings (SSSR count). The van der Waals surface area contributed by atoms with Crippen LogP contribution in [0, 0.1) is 0 Å². The summed E-state index contributed by atoms with van der Waals surface area (Å²) in [6.07, 6.45) is 4.51. The van der Waals surface area contributed by atoms with Gasteiger partial charge in [0.25, 0.3) is 0 Å². The molecule has 0 bridgehead atoms. The van der Waals surface area contributed by atoms with Gasteiger partial charge in [0.1, 0.15) is 5.82 Å². The molecule has 1 saturated heterocycles. The molecule has 20 heavy (non-hydrogen) atoms. The fraction of sp³-hybridized carbons (Fsp3) is 0.688. The number of hydrogen-bond donors (Lipinski definition) is 1. The molecule has 1 aromatic heterocycles. The standard InChI is InChI=1S/C16H27N3O/c1-4-17-13(3)15-7-6-10-18-16(15)19-11-8-14(9-12-19)20-5-2/h6-7,10,13-14,17H,4-5,8-9,11-12H2,1-3H3. The molecule has 1 atom stereocenters. The molecule has 4 nitrogen and oxygen atoms in total. The van der Waals surface area contributed by atoms with Gasteiger partial charge in [-0.1, -0.05) is 13.0 Å². The minimum absolute atomic E-state index is 0.341. The van der Waals surface area contributed by atoms with Crippen molar-refractivity contribution < 1.29 is 4.74 Å². The highest BCUT2D eigenvalue weighted by molar-refractivity contribution is 5.48. The van der Waals surface area contributed by atoms with Crippen LogP contribution < -0.4 is 10.2 Å². The molecule has 112 valence electrons. The number of pyridine rings is 1. The van der Waals surface area contributed by atoms with Crippen molar-refractivity contribution in [2.45, 2.75) is 45.8 Å². The summed E-state index contributed by atoms with van der Waals surface area (Å²) in [5.74, 6) is 1.14. The van der Waals surface area contributed by atoms with Crippen LogP contribution in [0.15, 0.2) is 18.3 Å². The normalized spacial score (nSPS) is 18.2. The summed E-state index contributed by atoms with van der Waals surface area (Å²) in [5, 5.41) is 3.48. The molecule has 0 radical (unpaired) electrons. The predicted octanol–water partition coefficient (Wildman–Crippen LogP) is 2.76. The van der Waals surface area contributed by atoms with E-state index in [-0.39, 0.29) is 0 Å². The summed E-state index contributed by atoms with van der Waals surface area (Å²) < 4.78 is 5.72. The Bertz CT molecular complexity index is 402. The molecule has 0 aliphatic carbocycles. The van der Waals surface area contributed by atoms with E-state index in [0.29, 0.717) is 12.1 Å². The third kappa shape index (κ3) is 3.70. The van der Waals surface area contributed by atoms with E-state index in [9.17, 15) is 0 Å². The van der Waals surface area contributed by atoms with Crippen molar-refractivity contribution in [2.75, 3.05) is 31.1 Å². The molecular formula is C16H27N3O. The lowest BCUT2D eigenvalue weighted by atomic mass is 10.0. The lowest BCUT2D eigenvalue weighted by molar-refractivity contribution is 0.0458. The van der Waals surface area contributed by atoms with E-state index in [1.165, 1.54) is 5.56 Å². The van der Waals surface area contributed by atoms with Crippen LogP contribution in [-0.4, -0.2) is 37.3 Å². The van der Waals surface area contributed by atoms with Gasteiger partial charge >= 0.3 is 0 Å². The number of rotatable bonds is 6. The summed E-state index contributed by atoms with van der Waals surface area (Å²) in [6.45, 7) is 10.3.